The van der Waals surface area contributed by atoms with Gasteiger partial charge in [0.1, 0.15) is 0 Å². The first-order chi connectivity index (χ1) is 9.56. The zero-order valence-corrected chi connectivity index (χ0v) is 12.3. The quantitative estimate of drug-likeness (QED) is 0.663. The summed E-state index contributed by atoms with van der Waals surface area (Å²) in [7, 11) is 2.16. The van der Waals surface area contributed by atoms with E-state index in [0.29, 0.717) is 12.1 Å². The van der Waals surface area contributed by atoms with Crippen molar-refractivity contribution in [1.29, 1.82) is 0 Å². The Bertz CT molecular complexity index is 468. The van der Waals surface area contributed by atoms with Crippen LogP contribution in [0.3, 0.4) is 0 Å². The molecule has 1 saturated heterocycles. The van der Waals surface area contributed by atoms with Gasteiger partial charge in [-0.1, -0.05) is 12.1 Å². The molecule has 20 heavy (non-hydrogen) atoms. The van der Waals surface area contributed by atoms with Gasteiger partial charge >= 0.3 is 0 Å². The third-order valence-corrected chi connectivity index (χ3v) is 4.07. The number of aryl methyl sites for hydroxylation is 1. The lowest BCUT2D eigenvalue weighted by Crippen LogP contribution is -2.34. The van der Waals surface area contributed by atoms with Crippen LogP contribution in [-0.4, -0.2) is 36.5 Å². The monoisotopic (exact) mass is 277 g/mol. The minimum atomic E-state index is -0.310. The highest BCUT2D eigenvalue weighted by Gasteiger charge is 2.16. The molecule has 1 aromatic rings. The average Bonchev–Trinajstić information content (AvgIpc) is 2.42. The Labute approximate surface area is 120 Å². The van der Waals surface area contributed by atoms with Gasteiger partial charge in [0, 0.05) is 18.2 Å². The molecule has 5 nitrogen and oxygen atoms in total. The van der Waals surface area contributed by atoms with Crippen LogP contribution in [0, 0.1) is 23.0 Å². The Morgan fingerprint density at radius 3 is 2.75 bits per heavy atom. The van der Waals surface area contributed by atoms with Crippen molar-refractivity contribution in [2.24, 2.45) is 5.92 Å². The van der Waals surface area contributed by atoms with E-state index >= 15 is 0 Å². The van der Waals surface area contributed by atoms with Crippen molar-refractivity contribution in [3.8, 4) is 0 Å². The zero-order chi connectivity index (χ0) is 14.5. The van der Waals surface area contributed by atoms with E-state index in [1.165, 1.54) is 25.9 Å². The second kappa shape index (κ2) is 6.81. The Morgan fingerprint density at radius 1 is 1.40 bits per heavy atom. The minimum Gasteiger partial charge on any atom is -0.312 e. The third kappa shape index (κ3) is 4.02. The number of nitrogens with zero attached hydrogens (tertiary/aromatic N) is 2. The van der Waals surface area contributed by atoms with Gasteiger partial charge < -0.3 is 10.2 Å². The standard InChI is InChI=1S/C15H23N3O2/c1-12-3-4-14(9-15(12)18(19)20)11-16-10-13-5-7-17(2)8-6-13/h3-4,9,13,16H,5-8,10-11H2,1-2H3. The van der Waals surface area contributed by atoms with E-state index in [1.807, 2.05) is 12.1 Å². The maximum atomic E-state index is 10.9. The molecule has 0 atom stereocenters. The fourth-order valence-corrected chi connectivity index (χ4v) is 2.65. The lowest BCUT2D eigenvalue weighted by atomic mass is 9.97. The molecule has 1 N–H and O–H groups in total. The fourth-order valence-electron chi connectivity index (χ4n) is 2.65. The summed E-state index contributed by atoms with van der Waals surface area (Å²) in [4.78, 5) is 13.0. The second-order valence-corrected chi connectivity index (χ2v) is 5.76. The summed E-state index contributed by atoms with van der Waals surface area (Å²) in [6.45, 7) is 5.81. The summed E-state index contributed by atoms with van der Waals surface area (Å²) >= 11 is 0. The van der Waals surface area contributed by atoms with Gasteiger partial charge in [-0.3, -0.25) is 10.1 Å². The van der Waals surface area contributed by atoms with Crippen LogP contribution < -0.4 is 5.32 Å². The van der Waals surface area contributed by atoms with Crippen LogP contribution in [0.1, 0.15) is 24.0 Å². The molecule has 0 aromatic heterocycles. The molecule has 2 rings (SSSR count). The van der Waals surface area contributed by atoms with Crippen molar-refractivity contribution in [3.63, 3.8) is 0 Å². The summed E-state index contributed by atoms with van der Waals surface area (Å²) in [5.74, 6) is 0.728. The predicted molar refractivity (Wildman–Crippen MR) is 79.8 cm³/mol. The number of likely N-dealkylation sites (tertiary alicyclic amines) is 1. The van der Waals surface area contributed by atoms with Gasteiger partial charge in [-0.2, -0.15) is 0 Å². The van der Waals surface area contributed by atoms with Crippen molar-refractivity contribution < 1.29 is 4.92 Å². The van der Waals surface area contributed by atoms with E-state index in [1.54, 1.807) is 13.0 Å². The summed E-state index contributed by atoms with van der Waals surface area (Å²) < 4.78 is 0. The Kier molecular flexibility index (Phi) is 5.09. The predicted octanol–water partition coefficient (Wildman–Crippen LogP) is 2.33. The number of hydrogen-bond donors (Lipinski definition) is 1. The van der Waals surface area contributed by atoms with Gasteiger partial charge in [-0.15, -0.1) is 0 Å². The van der Waals surface area contributed by atoms with Crippen LogP contribution in [0.15, 0.2) is 18.2 Å². The molecule has 1 aliphatic heterocycles. The molecule has 0 radical (unpaired) electrons. The smallest absolute Gasteiger partial charge is 0.272 e. The Balaban J connectivity index is 1.82. The topological polar surface area (TPSA) is 58.4 Å². The number of nitro benzene ring substituents is 1. The minimum absolute atomic E-state index is 0.212. The van der Waals surface area contributed by atoms with E-state index in [2.05, 4.69) is 17.3 Å². The molecule has 0 unspecified atom stereocenters. The normalized spacial score (nSPS) is 17.3. The summed E-state index contributed by atoms with van der Waals surface area (Å²) in [5, 5.41) is 14.3. The van der Waals surface area contributed by atoms with Crippen molar-refractivity contribution in [3.05, 3.63) is 39.4 Å². The first kappa shape index (κ1) is 14.9. The largest absolute Gasteiger partial charge is 0.312 e. The van der Waals surface area contributed by atoms with Crippen LogP contribution >= 0.6 is 0 Å². The molecule has 1 aliphatic rings. The molecule has 0 bridgehead atoms. The molecule has 0 saturated carbocycles. The molecular formula is C15H23N3O2. The highest BCUT2D eigenvalue weighted by atomic mass is 16.6. The van der Waals surface area contributed by atoms with E-state index < -0.39 is 0 Å². The van der Waals surface area contributed by atoms with Crippen LogP contribution in [0.2, 0.25) is 0 Å². The molecule has 0 spiro atoms. The number of rotatable bonds is 5. The molecule has 0 amide bonds. The second-order valence-electron chi connectivity index (χ2n) is 5.76. The molecule has 1 aromatic carbocycles. The lowest BCUT2D eigenvalue weighted by molar-refractivity contribution is -0.385. The van der Waals surface area contributed by atoms with Gasteiger partial charge in [-0.25, -0.2) is 0 Å². The Morgan fingerprint density at radius 2 is 2.10 bits per heavy atom. The molecule has 5 heteroatoms. The van der Waals surface area contributed by atoms with Gasteiger partial charge in [-0.05, 0) is 57.9 Å². The highest BCUT2D eigenvalue weighted by Crippen LogP contribution is 2.19. The third-order valence-electron chi connectivity index (χ3n) is 4.07. The molecule has 1 heterocycles. The van der Waals surface area contributed by atoms with Crippen LogP contribution in [0.5, 0.6) is 0 Å². The van der Waals surface area contributed by atoms with Crippen LogP contribution in [-0.2, 0) is 6.54 Å². The first-order valence-electron chi connectivity index (χ1n) is 7.19. The van der Waals surface area contributed by atoms with Gasteiger partial charge in [0.2, 0.25) is 0 Å². The van der Waals surface area contributed by atoms with E-state index in [9.17, 15) is 10.1 Å². The van der Waals surface area contributed by atoms with Gasteiger partial charge in [0.15, 0.2) is 0 Å². The summed E-state index contributed by atoms with van der Waals surface area (Å²) in [5.41, 5.74) is 1.91. The maximum absolute atomic E-state index is 10.9. The Hall–Kier alpha value is -1.46. The lowest BCUT2D eigenvalue weighted by Gasteiger charge is -2.29. The van der Waals surface area contributed by atoms with Gasteiger partial charge in [0.25, 0.3) is 5.69 Å². The summed E-state index contributed by atoms with van der Waals surface area (Å²) in [6.07, 6.45) is 2.47. The number of piperidine rings is 1. The molecular weight excluding hydrogens is 254 g/mol. The molecule has 110 valence electrons. The SMILES string of the molecule is Cc1ccc(CNCC2CCN(C)CC2)cc1[N+](=O)[O-]. The molecule has 0 aliphatic carbocycles. The highest BCUT2D eigenvalue weighted by molar-refractivity contribution is 5.42. The number of hydrogen-bond acceptors (Lipinski definition) is 4. The van der Waals surface area contributed by atoms with E-state index in [4.69, 9.17) is 0 Å². The maximum Gasteiger partial charge on any atom is 0.272 e. The van der Waals surface area contributed by atoms with E-state index in [0.717, 1.165) is 18.0 Å². The average molecular weight is 277 g/mol. The zero-order valence-electron chi connectivity index (χ0n) is 12.3. The molecule has 1 fully saturated rings. The van der Waals surface area contributed by atoms with Crippen molar-refractivity contribution in [1.82, 2.24) is 10.2 Å². The van der Waals surface area contributed by atoms with Crippen LogP contribution in [0.25, 0.3) is 0 Å². The number of nitrogens with one attached hydrogen (secondary N) is 1. The van der Waals surface area contributed by atoms with E-state index in [-0.39, 0.29) is 10.6 Å². The van der Waals surface area contributed by atoms with Gasteiger partial charge in [0.05, 0.1) is 4.92 Å². The number of benzene rings is 1. The first-order valence-corrected chi connectivity index (χ1v) is 7.19. The van der Waals surface area contributed by atoms with Crippen molar-refractivity contribution in [2.45, 2.75) is 26.3 Å². The van der Waals surface area contributed by atoms with Crippen LogP contribution in [0.4, 0.5) is 5.69 Å². The summed E-state index contributed by atoms with van der Waals surface area (Å²) in [6, 6.07) is 5.46. The fraction of sp³-hybridized carbons (Fsp3) is 0.600. The van der Waals surface area contributed by atoms with Crippen molar-refractivity contribution in [2.75, 3.05) is 26.7 Å². The van der Waals surface area contributed by atoms with Crippen molar-refractivity contribution >= 4 is 5.69 Å². The number of nitro groups is 1.